The number of fused-ring (bicyclic) bond motifs is 1. The number of hydrogen-bond acceptors (Lipinski definition) is 4. The molecule has 5 nitrogen and oxygen atoms in total. The van der Waals surface area contributed by atoms with Crippen LogP contribution in [-0.4, -0.2) is 44.9 Å². The highest BCUT2D eigenvalue weighted by Gasteiger charge is 2.61. The van der Waals surface area contributed by atoms with E-state index in [9.17, 15) is 4.79 Å². The lowest BCUT2D eigenvalue weighted by Crippen LogP contribution is -2.58. The highest BCUT2D eigenvalue weighted by atomic mass is 16.2. The molecule has 1 aromatic heterocycles. The van der Waals surface area contributed by atoms with Crippen LogP contribution in [0.5, 0.6) is 0 Å². The first-order valence-corrected chi connectivity index (χ1v) is 10.1. The Labute approximate surface area is 160 Å². The van der Waals surface area contributed by atoms with E-state index in [2.05, 4.69) is 57.4 Å². The topological polar surface area (TPSA) is 58.1 Å². The second-order valence-corrected chi connectivity index (χ2v) is 8.55. The van der Waals surface area contributed by atoms with Gasteiger partial charge in [0.05, 0.1) is 0 Å². The summed E-state index contributed by atoms with van der Waals surface area (Å²) in [6, 6.07) is 13.7. The Hall–Kier alpha value is -2.27. The predicted octanol–water partition coefficient (Wildman–Crippen LogP) is 2.83. The van der Waals surface area contributed by atoms with Crippen LogP contribution in [0.1, 0.15) is 48.7 Å². The van der Waals surface area contributed by atoms with Crippen molar-refractivity contribution in [3.05, 3.63) is 60.2 Å². The van der Waals surface area contributed by atoms with E-state index in [1.54, 1.807) is 12.3 Å². The van der Waals surface area contributed by atoms with Crippen LogP contribution in [-0.2, 0) is 6.42 Å². The highest BCUT2D eigenvalue weighted by molar-refractivity contribution is 5.93. The van der Waals surface area contributed by atoms with E-state index in [0.717, 1.165) is 19.3 Å². The first kappa shape index (κ1) is 16.9. The van der Waals surface area contributed by atoms with Crippen LogP contribution in [0, 0.1) is 5.41 Å². The zero-order valence-electron chi connectivity index (χ0n) is 15.7. The van der Waals surface area contributed by atoms with Crippen molar-refractivity contribution in [2.45, 2.75) is 63.2 Å². The fraction of sp³-hybridized carbons (Fsp3) is 0.500. The Balaban J connectivity index is 1.51. The minimum Gasteiger partial charge on any atom is -0.329 e. The molecule has 2 bridgehead atoms. The van der Waals surface area contributed by atoms with Crippen LogP contribution >= 0.6 is 0 Å². The summed E-state index contributed by atoms with van der Waals surface area (Å²) in [6.07, 6.45) is 8.66. The Morgan fingerprint density at radius 3 is 2.89 bits per heavy atom. The van der Waals surface area contributed by atoms with Crippen molar-refractivity contribution in [2.75, 3.05) is 0 Å². The molecule has 2 saturated heterocycles. The SMILES string of the molecule is C[C@@]12C[C@H]3[C@@H](Cc4ccccc4)N[C@@H]1CCC[C@@H]2N3C(=O)c1ccncn1. The number of benzene rings is 1. The van der Waals surface area contributed by atoms with E-state index in [-0.39, 0.29) is 17.4 Å². The van der Waals surface area contributed by atoms with Crippen molar-refractivity contribution in [3.63, 3.8) is 0 Å². The second-order valence-electron chi connectivity index (χ2n) is 8.55. The van der Waals surface area contributed by atoms with Crippen LogP contribution in [0.4, 0.5) is 0 Å². The summed E-state index contributed by atoms with van der Waals surface area (Å²) in [5, 5.41) is 3.95. The Kier molecular flexibility index (Phi) is 4.01. The van der Waals surface area contributed by atoms with Gasteiger partial charge >= 0.3 is 0 Å². The molecular formula is C22H26N4O. The van der Waals surface area contributed by atoms with Gasteiger partial charge in [0.15, 0.2) is 0 Å². The van der Waals surface area contributed by atoms with Crippen LogP contribution in [0.3, 0.4) is 0 Å². The molecular weight excluding hydrogens is 336 g/mol. The van der Waals surface area contributed by atoms with Gasteiger partial charge in [-0.15, -0.1) is 0 Å². The molecule has 5 heteroatoms. The number of nitrogens with one attached hydrogen (secondary N) is 1. The maximum atomic E-state index is 13.4. The monoisotopic (exact) mass is 362 g/mol. The third kappa shape index (κ3) is 2.67. The van der Waals surface area contributed by atoms with Crippen LogP contribution in [0.15, 0.2) is 48.9 Å². The van der Waals surface area contributed by atoms with Gasteiger partial charge in [0.2, 0.25) is 0 Å². The Morgan fingerprint density at radius 2 is 2.11 bits per heavy atom. The number of aromatic nitrogens is 2. The Morgan fingerprint density at radius 1 is 1.26 bits per heavy atom. The van der Waals surface area contributed by atoms with Crippen LogP contribution < -0.4 is 5.32 Å². The summed E-state index contributed by atoms with van der Waals surface area (Å²) < 4.78 is 0. The lowest BCUT2D eigenvalue weighted by molar-refractivity contribution is 0.0553. The van der Waals surface area contributed by atoms with Gasteiger partial charge in [-0.3, -0.25) is 4.79 Å². The van der Waals surface area contributed by atoms with E-state index in [0.29, 0.717) is 23.8 Å². The molecule has 140 valence electrons. The average Bonchev–Trinajstić information content (AvgIpc) is 3.01. The predicted molar refractivity (Wildman–Crippen MR) is 103 cm³/mol. The first-order valence-electron chi connectivity index (χ1n) is 10.1. The first-order chi connectivity index (χ1) is 13.2. The largest absolute Gasteiger partial charge is 0.329 e. The van der Waals surface area contributed by atoms with Crippen LogP contribution in [0.2, 0.25) is 0 Å². The van der Waals surface area contributed by atoms with Crippen molar-refractivity contribution in [1.82, 2.24) is 20.2 Å². The van der Waals surface area contributed by atoms with Crippen molar-refractivity contribution < 1.29 is 4.79 Å². The molecule has 1 saturated carbocycles. The fourth-order valence-corrected chi connectivity index (χ4v) is 5.81. The van der Waals surface area contributed by atoms with Gasteiger partial charge in [-0.25, -0.2) is 9.97 Å². The number of hydrogen-bond donors (Lipinski definition) is 1. The zero-order valence-corrected chi connectivity index (χ0v) is 15.7. The number of rotatable bonds is 3. The van der Waals surface area contributed by atoms with E-state index < -0.39 is 0 Å². The van der Waals surface area contributed by atoms with E-state index in [4.69, 9.17) is 0 Å². The number of likely N-dealkylation sites (tertiary alicyclic amines) is 1. The summed E-state index contributed by atoms with van der Waals surface area (Å²) in [6.45, 7) is 2.38. The fourth-order valence-electron chi connectivity index (χ4n) is 5.81. The third-order valence-electron chi connectivity index (χ3n) is 7.08. The molecule has 1 N–H and O–H groups in total. The number of nitrogens with zero attached hydrogens (tertiary/aromatic N) is 3. The molecule has 2 aromatic rings. The van der Waals surface area contributed by atoms with Crippen molar-refractivity contribution >= 4 is 5.91 Å². The molecule has 3 fully saturated rings. The summed E-state index contributed by atoms with van der Waals surface area (Å²) in [7, 11) is 0. The second kappa shape index (κ2) is 6.41. The molecule has 3 aliphatic rings. The standard InChI is InChI=1S/C22H26N4O/c1-22-13-18-17(12-15-6-3-2-4-7-15)25-19(22)8-5-9-20(22)26(18)21(27)16-10-11-23-14-24-16/h2-4,6-7,10-11,14,17-20,25H,5,8-9,12-13H2,1H3/t17-,18+,19-,20+,22-/m1/s1. The highest BCUT2D eigenvalue weighted by Crippen LogP contribution is 2.53. The molecule has 0 radical (unpaired) electrons. The summed E-state index contributed by atoms with van der Waals surface area (Å²) >= 11 is 0. The quantitative estimate of drug-likeness (QED) is 0.912. The van der Waals surface area contributed by atoms with Gasteiger partial charge in [-0.05, 0) is 43.7 Å². The zero-order chi connectivity index (χ0) is 18.4. The average molecular weight is 362 g/mol. The third-order valence-corrected chi connectivity index (χ3v) is 7.08. The van der Waals surface area contributed by atoms with E-state index >= 15 is 0 Å². The summed E-state index contributed by atoms with van der Waals surface area (Å²) in [4.78, 5) is 23.8. The minimum atomic E-state index is 0.0681. The van der Waals surface area contributed by atoms with Gasteiger partial charge in [0, 0.05) is 35.8 Å². The number of piperidine rings is 1. The van der Waals surface area contributed by atoms with Crippen molar-refractivity contribution in [3.8, 4) is 0 Å². The number of carbonyl (C=O) groups excluding carboxylic acids is 1. The van der Waals surface area contributed by atoms with Gasteiger partial charge in [0.1, 0.15) is 12.0 Å². The molecule has 1 aromatic carbocycles. The molecule has 27 heavy (non-hydrogen) atoms. The summed E-state index contributed by atoms with van der Waals surface area (Å²) in [5.74, 6) is 0.0681. The van der Waals surface area contributed by atoms with Crippen molar-refractivity contribution in [1.29, 1.82) is 0 Å². The van der Waals surface area contributed by atoms with E-state index in [1.807, 2.05) is 0 Å². The lowest BCUT2D eigenvalue weighted by atomic mass is 9.65. The van der Waals surface area contributed by atoms with Gasteiger partial charge < -0.3 is 10.2 Å². The lowest BCUT2D eigenvalue weighted by Gasteiger charge is -2.46. The molecule has 5 rings (SSSR count). The van der Waals surface area contributed by atoms with Gasteiger partial charge in [-0.2, -0.15) is 0 Å². The van der Waals surface area contributed by atoms with Gasteiger partial charge in [0.25, 0.3) is 5.91 Å². The molecule has 3 heterocycles. The normalized spacial score (nSPS) is 34.5. The molecule has 2 aliphatic heterocycles. The van der Waals surface area contributed by atoms with Crippen molar-refractivity contribution in [2.24, 2.45) is 5.41 Å². The van der Waals surface area contributed by atoms with E-state index in [1.165, 1.54) is 24.7 Å². The smallest absolute Gasteiger partial charge is 0.273 e. The minimum absolute atomic E-state index is 0.0681. The summed E-state index contributed by atoms with van der Waals surface area (Å²) in [5.41, 5.74) is 2.01. The maximum Gasteiger partial charge on any atom is 0.273 e. The molecule has 0 spiro atoms. The molecule has 0 unspecified atom stereocenters. The number of carbonyl (C=O) groups is 1. The Bertz CT molecular complexity index is 827. The number of amides is 1. The maximum absolute atomic E-state index is 13.4. The molecule has 1 amide bonds. The molecule has 1 aliphatic carbocycles. The van der Waals surface area contributed by atoms with Crippen LogP contribution in [0.25, 0.3) is 0 Å². The molecule has 5 atom stereocenters. The van der Waals surface area contributed by atoms with Gasteiger partial charge in [-0.1, -0.05) is 37.3 Å².